The predicted octanol–water partition coefficient (Wildman–Crippen LogP) is 2.31. The second-order valence-electron chi connectivity index (χ2n) is 7.18. The van der Waals surface area contributed by atoms with Gasteiger partial charge in [0.15, 0.2) is 0 Å². The minimum absolute atomic E-state index is 0.0903. The van der Waals surface area contributed by atoms with Gasteiger partial charge in [0, 0.05) is 38.4 Å². The number of methoxy groups -OCH3 is 1. The first-order chi connectivity index (χ1) is 12.7. The largest absolute Gasteiger partial charge is 0.495 e. The molecule has 2 heterocycles. The average Bonchev–Trinajstić information content (AvgIpc) is 3.20. The third kappa shape index (κ3) is 4.41. The third-order valence-corrected chi connectivity index (χ3v) is 5.52. The quantitative estimate of drug-likeness (QED) is 0.781. The summed E-state index contributed by atoms with van der Waals surface area (Å²) in [6.45, 7) is 4.95. The molecule has 0 unspecified atom stereocenters. The summed E-state index contributed by atoms with van der Waals surface area (Å²) < 4.78 is 5.49. The van der Waals surface area contributed by atoms with Crippen LogP contribution in [0.4, 0.5) is 11.4 Å². The molecule has 0 bridgehead atoms. The van der Waals surface area contributed by atoms with Crippen LogP contribution < -0.4 is 20.3 Å². The Bertz CT molecular complexity index is 601. The van der Waals surface area contributed by atoms with Gasteiger partial charge in [-0.1, -0.05) is 0 Å². The molecule has 0 radical (unpaired) electrons. The second-order valence-corrected chi connectivity index (χ2v) is 7.18. The summed E-state index contributed by atoms with van der Waals surface area (Å²) in [6.07, 6.45) is 5.70. The van der Waals surface area contributed by atoms with Crippen LogP contribution in [-0.2, 0) is 4.79 Å². The Balaban J connectivity index is 1.64. The third-order valence-electron chi connectivity index (χ3n) is 5.52. The SMILES string of the molecule is CNc1ccc(N2CCCC[C@@H]2C(=O)NCCN2CCCC2)cc1OC. The predicted molar refractivity (Wildman–Crippen MR) is 106 cm³/mol. The van der Waals surface area contributed by atoms with Crippen molar-refractivity contribution in [3.63, 3.8) is 0 Å². The van der Waals surface area contributed by atoms with Crippen LogP contribution in [-0.4, -0.2) is 63.7 Å². The average molecular weight is 361 g/mol. The smallest absolute Gasteiger partial charge is 0.242 e. The van der Waals surface area contributed by atoms with Crippen molar-refractivity contribution in [1.82, 2.24) is 10.2 Å². The number of amides is 1. The van der Waals surface area contributed by atoms with Gasteiger partial charge in [-0.25, -0.2) is 0 Å². The molecule has 1 aromatic carbocycles. The van der Waals surface area contributed by atoms with E-state index >= 15 is 0 Å². The molecular formula is C20H32N4O2. The van der Waals surface area contributed by atoms with Crippen molar-refractivity contribution in [3.8, 4) is 5.75 Å². The lowest BCUT2D eigenvalue weighted by Crippen LogP contribution is -2.50. The van der Waals surface area contributed by atoms with Crippen molar-refractivity contribution in [2.24, 2.45) is 0 Å². The van der Waals surface area contributed by atoms with Crippen LogP contribution in [0.2, 0.25) is 0 Å². The second kappa shape index (κ2) is 9.12. The maximum atomic E-state index is 12.8. The number of benzene rings is 1. The number of likely N-dealkylation sites (tertiary alicyclic amines) is 1. The molecule has 2 saturated heterocycles. The molecule has 0 aliphatic carbocycles. The highest BCUT2D eigenvalue weighted by Gasteiger charge is 2.29. The molecule has 0 aromatic heterocycles. The van der Waals surface area contributed by atoms with E-state index in [0.29, 0.717) is 0 Å². The summed E-state index contributed by atoms with van der Waals surface area (Å²) >= 11 is 0. The number of nitrogens with one attached hydrogen (secondary N) is 2. The summed E-state index contributed by atoms with van der Waals surface area (Å²) in [5.74, 6) is 0.962. The molecule has 2 aliphatic rings. The number of carbonyl (C=O) groups is 1. The number of nitrogens with zero attached hydrogens (tertiary/aromatic N) is 2. The van der Waals surface area contributed by atoms with Gasteiger partial charge in [0.25, 0.3) is 0 Å². The zero-order valence-electron chi connectivity index (χ0n) is 16.1. The van der Waals surface area contributed by atoms with Crippen LogP contribution in [0.3, 0.4) is 0 Å². The molecule has 2 aliphatic heterocycles. The number of ether oxygens (including phenoxy) is 1. The van der Waals surface area contributed by atoms with Gasteiger partial charge >= 0.3 is 0 Å². The van der Waals surface area contributed by atoms with Crippen molar-refractivity contribution < 1.29 is 9.53 Å². The molecule has 3 rings (SSSR count). The monoisotopic (exact) mass is 360 g/mol. The van der Waals surface area contributed by atoms with Gasteiger partial charge in [0.2, 0.25) is 5.91 Å². The number of piperidine rings is 1. The van der Waals surface area contributed by atoms with Crippen LogP contribution in [0.15, 0.2) is 18.2 Å². The van der Waals surface area contributed by atoms with E-state index in [1.54, 1.807) is 7.11 Å². The van der Waals surface area contributed by atoms with Gasteiger partial charge in [-0.3, -0.25) is 4.79 Å². The summed E-state index contributed by atoms with van der Waals surface area (Å²) in [5, 5.41) is 6.30. The molecule has 26 heavy (non-hydrogen) atoms. The highest BCUT2D eigenvalue weighted by Crippen LogP contribution is 2.32. The Morgan fingerprint density at radius 2 is 1.96 bits per heavy atom. The lowest BCUT2D eigenvalue weighted by molar-refractivity contribution is -0.122. The van der Waals surface area contributed by atoms with Crippen LogP contribution in [0, 0.1) is 0 Å². The van der Waals surface area contributed by atoms with E-state index in [0.717, 1.165) is 56.0 Å². The molecule has 0 spiro atoms. The van der Waals surface area contributed by atoms with Crippen LogP contribution in [0.25, 0.3) is 0 Å². The van der Waals surface area contributed by atoms with E-state index in [9.17, 15) is 4.79 Å². The van der Waals surface area contributed by atoms with Crippen LogP contribution in [0.5, 0.6) is 5.75 Å². The van der Waals surface area contributed by atoms with Crippen molar-refractivity contribution >= 4 is 17.3 Å². The summed E-state index contributed by atoms with van der Waals surface area (Å²) in [5.41, 5.74) is 2.01. The molecule has 6 heteroatoms. The van der Waals surface area contributed by atoms with E-state index in [4.69, 9.17) is 4.74 Å². The fraction of sp³-hybridized carbons (Fsp3) is 0.650. The zero-order chi connectivity index (χ0) is 18.4. The molecule has 2 N–H and O–H groups in total. The Kier molecular flexibility index (Phi) is 6.61. The fourth-order valence-electron chi connectivity index (χ4n) is 4.04. The van der Waals surface area contributed by atoms with E-state index in [-0.39, 0.29) is 11.9 Å². The van der Waals surface area contributed by atoms with Crippen LogP contribution >= 0.6 is 0 Å². The number of carbonyl (C=O) groups excluding carboxylic acids is 1. The lowest BCUT2D eigenvalue weighted by Gasteiger charge is -2.37. The van der Waals surface area contributed by atoms with Crippen molar-refractivity contribution in [2.75, 3.05) is 57.1 Å². The van der Waals surface area contributed by atoms with Gasteiger partial charge in [-0.05, 0) is 57.3 Å². The molecule has 0 saturated carbocycles. The van der Waals surface area contributed by atoms with Gasteiger partial charge in [0.1, 0.15) is 11.8 Å². The topological polar surface area (TPSA) is 56.8 Å². The highest BCUT2D eigenvalue weighted by atomic mass is 16.5. The van der Waals surface area contributed by atoms with E-state index in [1.165, 1.54) is 25.9 Å². The minimum Gasteiger partial charge on any atom is -0.495 e. The maximum Gasteiger partial charge on any atom is 0.242 e. The summed E-state index contributed by atoms with van der Waals surface area (Å²) in [4.78, 5) is 17.5. The van der Waals surface area contributed by atoms with E-state index < -0.39 is 0 Å². The molecular weight excluding hydrogens is 328 g/mol. The lowest BCUT2D eigenvalue weighted by atomic mass is 10.00. The van der Waals surface area contributed by atoms with Crippen molar-refractivity contribution in [1.29, 1.82) is 0 Å². The summed E-state index contributed by atoms with van der Waals surface area (Å²) in [7, 11) is 3.56. The number of rotatable bonds is 7. The Labute approximate surface area is 156 Å². The number of hydrogen-bond donors (Lipinski definition) is 2. The highest BCUT2D eigenvalue weighted by molar-refractivity contribution is 5.85. The van der Waals surface area contributed by atoms with E-state index in [2.05, 4.69) is 26.5 Å². The van der Waals surface area contributed by atoms with E-state index in [1.807, 2.05) is 19.2 Å². The van der Waals surface area contributed by atoms with Gasteiger partial charge in [-0.2, -0.15) is 0 Å². The number of anilines is 2. The van der Waals surface area contributed by atoms with Crippen molar-refractivity contribution in [3.05, 3.63) is 18.2 Å². The number of hydrogen-bond acceptors (Lipinski definition) is 5. The van der Waals surface area contributed by atoms with Gasteiger partial charge in [0.05, 0.1) is 12.8 Å². The van der Waals surface area contributed by atoms with Crippen molar-refractivity contribution in [2.45, 2.75) is 38.1 Å². The first-order valence-electron chi connectivity index (χ1n) is 9.85. The normalized spacial score (nSPS) is 20.8. The molecule has 1 atom stereocenters. The minimum atomic E-state index is -0.0903. The maximum absolute atomic E-state index is 12.8. The first-order valence-corrected chi connectivity index (χ1v) is 9.85. The summed E-state index contributed by atoms with van der Waals surface area (Å²) in [6, 6.07) is 6.03. The van der Waals surface area contributed by atoms with Gasteiger partial charge in [-0.15, -0.1) is 0 Å². The Hall–Kier alpha value is -1.95. The molecule has 2 fully saturated rings. The van der Waals surface area contributed by atoms with Crippen LogP contribution in [0.1, 0.15) is 32.1 Å². The standard InChI is InChI=1S/C20H32N4O2/c1-21-17-9-8-16(15-19(17)26-2)24-13-4-3-7-18(24)20(25)22-10-14-23-11-5-6-12-23/h8-9,15,18,21H,3-7,10-14H2,1-2H3,(H,22,25)/t18-/m1/s1. The molecule has 1 aromatic rings. The van der Waals surface area contributed by atoms with Gasteiger partial charge < -0.3 is 25.2 Å². The first kappa shape index (κ1) is 18.8. The fourth-order valence-corrected chi connectivity index (χ4v) is 4.04. The molecule has 6 nitrogen and oxygen atoms in total. The Morgan fingerprint density at radius 1 is 1.19 bits per heavy atom. The molecule has 144 valence electrons. The molecule has 1 amide bonds. The zero-order valence-corrected chi connectivity index (χ0v) is 16.1. The Morgan fingerprint density at radius 3 is 2.69 bits per heavy atom.